The summed E-state index contributed by atoms with van der Waals surface area (Å²) >= 11 is 0. The molecule has 1 aromatic rings. The maximum atomic E-state index is 11.4. The Morgan fingerprint density at radius 2 is 1.88 bits per heavy atom. The normalized spacial score (nSPS) is 10.9. The van der Waals surface area contributed by atoms with Crippen LogP contribution in [0.1, 0.15) is 20.7 Å². The maximum absolute atomic E-state index is 11.4. The molecule has 0 saturated heterocycles. The van der Waals surface area contributed by atoms with E-state index in [1.54, 1.807) is 0 Å². The van der Waals surface area contributed by atoms with Gasteiger partial charge in [-0.2, -0.15) is 0 Å². The Kier molecular flexibility index (Phi) is 3.84. The molecule has 0 atom stereocenters. The van der Waals surface area contributed by atoms with E-state index in [9.17, 15) is 18.0 Å². The average Bonchev–Trinajstić information content (AvgIpc) is 2.25. The summed E-state index contributed by atoms with van der Waals surface area (Å²) in [5.74, 6) is -2.79. The predicted molar refractivity (Wildman–Crippen MR) is 58.5 cm³/mol. The number of carboxylic acid groups (broad SMARTS) is 1. The molecule has 1 aromatic carbocycles. The minimum absolute atomic E-state index is 0.00597. The molecule has 0 aliphatic carbocycles. The van der Waals surface area contributed by atoms with Crippen molar-refractivity contribution >= 4 is 21.8 Å². The predicted octanol–water partition coefficient (Wildman–Crippen LogP) is 0.544. The first-order valence-electron chi connectivity index (χ1n) is 4.48. The van der Waals surface area contributed by atoms with Crippen molar-refractivity contribution in [1.29, 1.82) is 0 Å². The first-order valence-corrected chi connectivity index (χ1v) is 6.54. The van der Waals surface area contributed by atoms with Crippen LogP contribution in [0.5, 0.6) is 0 Å². The first-order chi connectivity index (χ1) is 7.79. The van der Waals surface area contributed by atoms with Crippen molar-refractivity contribution in [3.05, 3.63) is 35.4 Å². The van der Waals surface area contributed by atoms with E-state index in [0.29, 0.717) is 0 Å². The molecule has 0 aliphatic heterocycles. The zero-order valence-corrected chi connectivity index (χ0v) is 9.73. The highest BCUT2D eigenvalue weighted by atomic mass is 32.2. The van der Waals surface area contributed by atoms with Crippen LogP contribution in [0.3, 0.4) is 0 Å². The summed E-state index contributed by atoms with van der Waals surface area (Å²) in [5, 5.41) is 8.70. The number of rotatable bonds is 4. The Morgan fingerprint density at radius 3 is 2.41 bits per heavy atom. The van der Waals surface area contributed by atoms with E-state index in [-0.39, 0.29) is 11.1 Å². The SMILES string of the molecule is CS(=O)(=O)COC(=O)c1cccc(C(=O)O)c1. The van der Waals surface area contributed by atoms with Crippen LogP contribution < -0.4 is 0 Å². The lowest BCUT2D eigenvalue weighted by Gasteiger charge is -2.03. The van der Waals surface area contributed by atoms with Crippen molar-refractivity contribution in [2.24, 2.45) is 0 Å². The van der Waals surface area contributed by atoms with Crippen LogP contribution in [0.4, 0.5) is 0 Å². The smallest absolute Gasteiger partial charge is 0.339 e. The van der Waals surface area contributed by atoms with Crippen LogP contribution in [0.25, 0.3) is 0 Å². The molecule has 0 unspecified atom stereocenters. The largest absolute Gasteiger partial charge is 0.478 e. The molecule has 17 heavy (non-hydrogen) atoms. The Labute approximate surface area is 97.7 Å². The second kappa shape index (κ2) is 4.96. The zero-order valence-electron chi connectivity index (χ0n) is 8.91. The molecule has 0 amide bonds. The summed E-state index contributed by atoms with van der Waals surface area (Å²) in [7, 11) is -3.41. The maximum Gasteiger partial charge on any atom is 0.339 e. The lowest BCUT2D eigenvalue weighted by Crippen LogP contribution is -2.13. The summed E-state index contributed by atoms with van der Waals surface area (Å²) in [6, 6.07) is 5.15. The Morgan fingerprint density at radius 1 is 1.29 bits per heavy atom. The van der Waals surface area contributed by atoms with Gasteiger partial charge in [0.15, 0.2) is 15.8 Å². The van der Waals surface area contributed by atoms with E-state index in [1.165, 1.54) is 18.2 Å². The van der Waals surface area contributed by atoms with Crippen molar-refractivity contribution in [3.8, 4) is 0 Å². The summed E-state index contributed by atoms with van der Waals surface area (Å²) in [6.07, 6.45) is 0.925. The number of esters is 1. The number of carbonyl (C=O) groups is 2. The van der Waals surface area contributed by atoms with Crippen LogP contribution >= 0.6 is 0 Å². The van der Waals surface area contributed by atoms with Gasteiger partial charge >= 0.3 is 11.9 Å². The molecule has 0 saturated carbocycles. The summed E-state index contributed by atoms with van der Waals surface area (Å²) in [6.45, 7) is 0. The minimum atomic E-state index is -3.41. The van der Waals surface area contributed by atoms with Crippen LogP contribution in [-0.4, -0.2) is 37.7 Å². The third kappa shape index (κ3) is 4.23. The van der Waals surface area contributed by atoms with Gasteiger partial charge in [-0.1, -0.05) is 6.07 Å². The molecule has 7 heteroatoms. The van der Waals surface area contributed by atoms with E-state index in [1.807, 2.05) is 0 Å². The number of hydrogen-bond acceptors (Lipinski definition) is 5. The lowest BCUT2D eigenvalue weighted by molar-refractivity contribution is 0.0572. The summed E-state index contributed by atoms with van der Waals surface area (Å²) in [5.41, 5.74) is -0.0765. The standard InChI is InChI=1S/C10H10O6S/c1-17(14,15)6-16-10(13)8-4-2-3-7(5-8)9(11)12/h2-5H,6H2,1H3,(H,11,12). The molecule has 0 bridgehead atoms. The number of ether oxygens (including phenoxy) is 1. The number of benzene rings is 1. The fourth-order valence-electron chi connectivity index (χ4n) is 1.02. The monoisotopic (exact) mass is 258 g/mol. The third-order valence-electron chi connectivity index (χ3n) is 1.75. The number of hydrogen-bond donors (Lipinski definition) is 1. The van der Waals surface area contributed by atoms with Crippen molar-refractivity contribution in [2.75, 3.05) is 12.2 Å². The van der Waals surface area contributed by atoms with Gasteiger partial charge in [-0.25, -0.2) is 18.0 Å². The molecule has 92 valence electrons. The molecule has 1 rings (SSSR count). The number of carboxylic acids is 1. The van der Waals surface area contributed by atoms with Crippen LogP contribution in [0.2, 0.25) is 0 Å². The van der Waals surface area contributed by atoms with Gasteiger partial charge in [0.25, 0.3) is 0 Å². The van der Waals surface area contributed by atoms with Gasteiger partial charge in [0.2, 0.25) is 0 Å². The van der Waals surface area contributed by atoms with Crippen molar-refractivity contribution in [2.45, 2.75) is 0 Å². The van der Waals surface area contributed by atoms with E-state index >= 15 is 0 Å². The lowest BCUT2D eigenvalue weighted by atomic mass is 10.1. The Hall–Kier alpha value is -1.89. The van der Waals surface area contributed by atoms with Crippen molar-refractivity contribution in [1.82, 2.24) is 0 Å². The molecule has 0 aliphatic rings. The highest BCUT2D eigenvalue weighted by Crippen LogP contribution is 2.07. The van der Waals surface area contributed by atoms with Gasteiger partial charge in [0.1, 0.15) is 0 Å². The topological polar surface area (TPSA) is 97.7 Å². The first kappa shape index (κ1) is 13.2. The van der Waals surface area contributed by atoms with Gasteiger partial charge in [0, 0.05) is 6.26 Å². The Bertz CT molecular complexity index is 546. The van der Waals surface area contributed by atoms with E-state index < -0.39 is 27.7 Å². The fraction of sp³-hybridized carbons (Fsp3) is 0.200. The molecule has 0 radical (unpaired) electrons. The summed E-state index contributed by atoms with van der Waals surface area (Å²) < 4.78 is 26.0. The van der Waals surface area contributed by atoms with Crippen molar-refractivity contribution < 1.29 is 27.9 Å². The fourth-order valence-corrected chi connectivity index (χ4v) is 1.34. The van der Waals surface area contributed by atoms with Gasteiger partial charge < -0.3 is 9.84 Å². The second-order valence-corrected chi connectivity index (χ2v) is 5.45. The number of carbonyl (C=O) groups excluding carboxylic acids is 1. The third-order valence-corrected chi connectivity index (χ3v) is 2.30. The number of sulfone groups is 1. The Balaban J connectivity index is 2.83. The molecule has 0 heterocycles. The van der Waals surface area contributed by atoms with Crippen molar-refractivity contribution in [3.63, 3.8) is 0 Å². The van der Waals surface area contributed by atoms with Gasteiger partial charge in [0.05, 0.1) is 11.1 Å². The van der Waals surface area contributed by atoms with Gasteiger partial charge in [-0.15, -0.1) is 0 Å². The van der Waals surface area contributed by atoms with E-state index in [4.69, 9.17) is 5.11 Å². The molecular weight excluding hydrogens is 248 g/mol. The molecule has 0 spiro atoms. The minimum Gasteiger partial charge on any atom is -0.478 e. The molecular formula is C10H10O6S. The number of aromatic carboxylic acids is 1. The second-order valence-electron chi connectivity index (χ2n) is 3.36. The molecule has 0 aromatic heterocycles. The molecule has 1 N–H and O–H groups in total. The summed E-state index contributed by atoms with van der Waals surface area (Å²) in [4.78, 5) is 22.0. The van der Waals surface area contributed by atoms with Gasteiger partial charge in [-0.3, -0.25) is 0 Å². The van der Waals surface area contributed by atoms with Crippen LogP contribution in [0.15, 0.2) is 24.3 Å². The van der Waals surface area contributed by atoms with E-state index in [0.717, 1.165) is 12.3 Å². The molecule has 6 nitrogen and oxygen atoms in total. The average molecular weight is 258 g/mol. The molecule has 0 fully saturated rings. The highest BCUT2D eigenvalue weighted by molar-refractivity contribution is 7.90. The highest BCUT2D eigenvalue weighted by Gasteiger charge is 2.12. The van der Waals surface area contributed by atoms with Crippen LogP contribution in [0, 0.1) is 0 Å². The van der Waals surface area contributed by atoms with Gasteiger partial charge in [-0.05, 0) is 18.2 Å². The zero-order chi connectivity index (χ0) is 13.1. The van der Waals surface area contributed by atoms with E-state index in [2.05, 4.69) is 4.74 Å². The quantitative estimate of drug-likeness (QED) is 0.792. The van der Waals surface area contributed by atoms with Crippen LogP contribution in [-0.2, 0) is 14.6 Å².